The number of carbonyl (C=O) groups is 3. The lowest BCUT2D eigenvalue weighted by molar-refractivity contribution is -0.127. The molecule has 104 valence electrons. The summed E-state index contributed by atoms with van der Waals surface area (Å²) in [4.78, 5) is 38.7. The van der Waals surface area contributed by atoms with E-state index in [0.717, 1.165) is 5.01 Å². The largest absolute Gasteiger partial charge is 0.448 e. The predicted molar refractivity (Wildman–Crippen MR) is 69.1 cm³/mol. The van der Waals surface area contributed by atoms with Crippen LogP contribution in [-0.4, -0.2) is 36.0 Å². The van der Waals surface area contributed by atoms with Gasteiger partial charge in [-0.2, -0.15) is 0 Å². The fourth-order valence-corrected chi connectivity index (χ4v) is 2.07. The molecular formula is C11H15N3O4S. The maximum Gasteiger partial charge on any atom is 0.351 e. The van der Waals surface area contributed by atoms with Crippen molar-refractivity contribution < 1.29 is 19.1 Å². The Hall–Kier alpha value is -1.96. The number of nitrogens with one attached hydrogen (secondary N) is 2. The van der Waals surface area contributed by atoms with E-state index < -0.39 is 24.0 Å². The molecule has 0 fully saturated rings. The molecule has 1 rings (SSSR count). The molecule has 0 saturated carbocycles. The van der Waals surface area contributed by atoms with E-state index in [9.17, 15) is 14.4 Å². The third-order valence-electron chi connectivity index (χ3n) is 2.21. The molecule has 0 aliphatic rings. The van der Waals surface area contributed by atoms with E-state index in [1.807, 2.05) is 5.32 Å². The van der Waals surface area contributed by atoms with Crippen molar-refractivity contribution in [3.63, 3.8) is 0 Å². The van der Waals surface area contributed by atoms with Crippen LogP contribution in [0.1, 0.15) is 27.3 Å². The molecule has 1 aromatic heterocycles. The summed E-state index contributed by atoms with van der Waals surface area (Å²) in [6, 6.07) is -0.655. The number of hydrogen-bond acceptors (Lipinski definition) is 6. The molecule has 8 heteroatoms. The number of thiazole rings is 1. The Morgan fingerprint density at radius 3 is 2.42 bits per heavy atom. The Morgan fingerprint density at radius 2 is 1.95 bits per heavy atom. The number of imide groups is 1. The zero-order valence-corrected chi connectivity index (χ0v) is 11.9. The van der Waals surface area contributed by atoms with Gasteiger partial charge >= 0.3 is 12.0 Å². The molecule has 0 aromatic carbocycles. The fraction of sp³-hybridized carbons (Fsp3) is 0.455. The quantitative estimate of drug-likeness (QED) is 0.799. The van der Waals surface area contributed by atoms with E-state index in [-0.39, 0.29) is 0 Å². The van der Waals surface area contributed by atoms with Crippen molar-refractivity contribution in [1.82, 2.24) is 15.6 Å². The van der Waals surface area contributed by atoms with Gasteiger partial charge in [0.2, 0.25) is 0 Å². The predicted octanol–water partition coefficient (Wildman–Crippen LogP) is 0.761. The van der Waals surface area contributed by atoms with Gasteiger partial charge in [-0.15, -0.1) is 11.3 Å². The van der Waals surface area contributed by atoms with Gasteiger partial charge in [-0.25, -0.2) is 14.6 Å². The van der Waals surface area contributed by atoms with Gasteiger partial charge in [0.05, 0.1) is 10.7 Å². The number of nitrogens with zero attached hydrogens (tertiary/aromatic N) is 1. The summed E-state index contributed by atoms with van der Waals surface area (Å²) >= 11 is 1.20. The molecule has 2 N–H and O–H groups in total. The monoisotopic (exact) mass is 285 g/mol. The number of amides is 3. The number of aromatic nitrogens is 1. The Kier molecular flexibility index (Phi) is 4.99. The lowest BCUT2D eigenvalue weighted by Crippen LogP contribution is -2.43. The first-order valence-electron chi connectivity index (χ1n) is 5.52. The topological polar surface area (TPSA) is 97.4 Å². The summed E-state index contributed by atoms with van der Waals surface area (Å²) in [5, 5.41) is 5.00. The van der Waals surface area contributed by atoms with Gasteiger partial charge in [-0.3, -0.25) is 10.1 Å². The second-order valence-electron chi connectivity index (χ2n) is 3.76. The van der Waals surface area contributed by atoms with Gasteiger partial charge in [0.1, 0.15) is 4.88 Å². The molecule has 0 bridgehead atoms. The molecule has 0 aliphatic heterocycles. The second-order valence-corrected chi connectivity index (χ2v) is 4.97. The average molecular weight is 285 g/mol. The lowest BCUT2D eigenvalue weighted by atomic mass is 10.3. The minimum absolute atomic E-state index is 0.358. The molecule has 0 aliphatic carbocycles. The van der Waals surface area contributed by atoms with Crippen LogP contribution in [0.25, 0.3) is 0 Å². The second kappa shape index (κ2) is 6.28. The van der Waals surface area contributed by atoms with E-state index in [0.29, 0.717) is 10.6 Å². The normalized spacial score (nSPS) is 11.6. The lowest BCUT2D eigenvalue weighted by Gasteiger charge is -2.12. The first-order chi connectivity index (χ1) is 8.85. The van der Waals surface area contributed by atoms with Crippen molar-refractivity contribution in [2.75, 3.05) is 7.05 Å². The molecule has 1 heterocycles. The standard InChI is InChI=1S/C11H15N3O4S/c1-5-8(19-7(3)13-5)10(16)18-6(2)9(15)14-11(17)12-4/h6H,1-4H3,(H2,12,14,15,17). The molecule has 7 nitrogen and oxygen atoms in total. The molecule has 19 heavy (non-hydrogen) atoms. The third-order valence-corrected chi connectivity index (χ3v) is 3.26. The number of esters is 1. The van der Waals surface area contributed by atoms with E-state index in [1.165, 1.54) is 25.3 Å². The van der Waals surface area contributed by atoms with Gasteiger partial charge < -0.3 is 10.1 Å². The van der Waals surface area contributed by atoms with Crippen LogP contribution in [0.5, 0.6) is 0 Å². The Morgan fingerprint density at radius 1 is 1.32 bits per heavy atom. The highest BCUT2D eigenvalue weighted by molar-refractivity contribution is 7.13. The van der Waals surface area contributed by atoms with E-state index >= 15 is 0 Å². The first kappa shape index (κ1) is 15.1. The minimum atomic E-state index is -1.06. The van der Waals surface area contributed by atoms with Crippen LogP contribution in [-0.2, 0) is 9.53 Å². The van der Waals surface area contributed by atoms with Crippen molar-refractivity contribution in [3.05, 3.63) is 15.6 Å². The molecule has 0 radical (unpaired) electrons. The van der Waals surface area contributed by atoms with Gasteiger partial charge in [0.15, 0.2) is 6.10 Å². The van der Waals surface area contributed by atoms with Crippen LogP contribution in [0.3, 0.4) is 0 Å². The van der Waals surface area contributed by atoms with E-state index in [4.69, 9.17) is 4.74 Å². The van der Waals surface area contributed by atoms with Crippen molar-refractivity contribution in [2.45, 2.75) is 26.9 Å². The number of rotatable bonds is 3. The number of carbonyl (C=O) groups excluding carboxylic acids is 3. The van der Waals surface area contributed by atoms with Crippen molar-refractivity contribution in [2.24, 2.45) is 0 Å². The molecule has 1 unspecified atom stereocenters. The number of hydrogen-bond donors (Lipinski definition) is 2. The smallest absolute Gasteiger partial charge is 0.351 e. The van der Waals surface area contributed by atoms with Crippen molar-refractivity contribution in [1.29, 1.82) is 0 Å². The molecule has 1 aromatic rings. The van der Waals surface area contributed by atoms with Crippen LogP contribution in [0.2, 0.25) is 0 Å². The Bertz CT molecular complexity index is 512. The number of aryl methyl sites for hydroxylation is 2. The van der Waals surface area contributed by atoms with Crippen LogP contribution in [0.4, 0.5) is 4.79 Å². The highest BCUT2D eigenvalue weighted by atomic mass is 32.1. The van der Waals surface area contributed by atoms with Gasteiger partial charge in [-0.1, -0.05) is 0 Å². The summed E-state index contributed by atoms with van der Waals surface area (Å²) in [7, 11) is 1.38. The summed E-state index contributed by atoms with van der Waals surface area (Å²) in [6.07, 6.45) is -1.06. The summed E-state index contributed by atoms with van der Waals surface area (Å²) in [5.41, 5.74) is 0.561. The molecule has 0 spiro atoms. The van der Waals surface area contributed by atoms with E-state index in [1.54, 1.807) is 13.8 Å². The highest BCUT2D eigenvalue weighted by Gasteiger charge is 2.23. The van der Waals surface area contributed by atoms with E-state index in [2.05, 4.69) is 10.3 Å². The van der Waals surface area contributed by atoms with Gasteiger partial charge in [0.25, 0.3) is 5.91 Å². The van der Waals surface area contributed by atoms with Gasteiger partial charge in [-0.05, 0) is 20.8 Å². The zero-order valence-electron chi connectivity index (χ0n) is 11.1. The van der Waals surface area contributed by atoms with Crippen LogP contribution in [0, 0.1) is 13.8 Å². The van der Waals surface area contributed by atoms with Crippen LogP contribution in [0.15, 0.2) is 0 Å². The third kappa shape index (κ3) is 4.02. The maximum atomic E-state index is 11.8. The maximum absolute atomic E-state index is 11.8. The molecule has 1 atom stereocenters. The fourth-order valence-electron chi connectivity index (χ4n) is 1.26. The summed E-state index contributed by atoms with van der Waals surface area (Å²) < 4.78 is 4.98. The molecule has 3 amide bonds. The minimum Gasteiger partial charge on any atom is -0.448 e. The summed E-state index contributed by atoms with van der Waals surface area (Å²) in [6.45, 7) is 4.85. The average Bonchev–Trinajstić information content (AvgIpc) is 2.68. The zero-order chi connectivity index (χ0) is 14.6. The highest BCUT2D eigenvalue weighted by Crippen LogP contribution is 2.18. The Balaban J connectivity index is 2.64. The van der Waals surface area contributed by atoms with Crippen LogP contribution < -0.4 is 10.6 Å². The first-order valence-corrected chi connectivity index (χ1v) is 6.34. The Labute approximate surface area is 114 Å². The molecular weight excluding hydrogens is 270 g/mol. The number of ether oxygens (including phenoxy) is 1. The van der Waals surface area contributed by atoms with Gasteiger partial charge in [0, 0.05) is 7.05 Å². The van der Waals surface area contributed by atoms with Crippen molar-refractivity contribution in [3.8, 4) is 0 Å². The molecule has 0 saturated heterocycles. The number of urea groups is 1. The SMILES string of the molecule is CNC(=O)NC(=O)C(C)OC(=O)c1sc(C)nc1C. The van der Waals surface area contributed by atoms with Crippen LogP contribution >= 0.6 is 11.3 Å². The summed E-state index contributed by atoms with van der Waals surface area (Å²) in [5.74, 6) is -1.31. The van der Waals surface area contributed by atoms with Crippen molar-refractivity contribution >= 4 is 29.2 Å².